The molecule has 0 atom stereocenters. The highest BCUT2D eigenvalue weighted by atomic mass is 32.2. The van der Waals surface area contributed by atoms with Crippen molar-refractivity contribution in [3.63, 3.8) is 0 Å². The van der Waals surface area contributed by atoms with Gasteiger partial charge in [-0.1, -0.05) is 6.92 Å². The summed E-state index contributed by atoms with van der Waals surface area (Å²) in [7, 11) is -3.54. The number of aromatic nitrogens is 1. The Balaban J connectivity index is 2.02. The second kappa shape index (κ2) is 10.7. The van der Waals surface area contributed by atoms with Crippen LogP contribution in [0.3, 0.4) is 0 Å². The van der Waals surface area contributed by atoms with Crippen molar-refractivity contribution in [2.45, 2.75) is 64.9 Å². The number of amides is 1. The number of aromatic amines is 1. The first kappa shape index (κ1) is 26.0. The Morgan fingerprint density at radius 1 is 1.15 bits per heavy atom. The van der Waals surface area contributed by atoms with Crippen molar-refractivity contribution in [2.24, 2.45) is 0 Å². The van der Waals surface area contributed by atoms with E-state index in [0.29, 0.717) is 30.9 Å². The number of anilines is 1. The fourth-order valence-electron chi connectivity index (χ4n) is 4.54. The number of benzene rings is 1. The minimum atomic E-state index is -3.54. The number of ether oxygens (including phenoxy) is 1. The molecule has 1 saturated heterocycles. The molecule has 0 aliphatic carbocycles. The molecule has 3 rings (SSSR count). The smallest absolute Gasteiger partial charge is 0.253 e. The van der Waals surface area contributed by atoms with Gasteiger partial charge in [-0.3, -0.25) is 9.59 Å². The quantitative estimate of drug-likeness (QED) is 0.590. The van der Waals surface area contributed by atoms with Crippen LogP contribution in [0, 0.1) is 20.8 Å². The SMILES string of the molecule is CCN(c1cc(S(=O)(=O)CC)cc(C(=O)NCc2c(C)cc(C)[nH]c2=O)c1C)C1CCOCC1. The van der Waals surface area contributed by atoms with Gasteiger partial charge >= 0.3 is 0 Å². The summed E-state index contributed by atoms with van der Waals surface area (Å²) >= 11 is 0. The predicted octanol–water partition coefficient (Wildman–Crippen LogP) is 3.03. The van der Waals surface area contributed by atoms with Gasteiger partial charge in [0, 0.05) is 54.9 Å². The molecule has 2 N–H and O–H groups in total. The largest absolute Gasteiger partial charge is 0.381 e. The predicted molar refractivity (Wildman–Crippen MR) is 133 cm³/mol. The topological polar surface area (TPSA) is 109 Å². The highest BCUT2D eigenvalue weighted by molar-refractivity contribution is 7.91. The highest BCUT2D eigenvalue weighted by Gasteiger charge is 2.26. The van der Waals surface area contributed by atoms with Gasteiger partial charge in [-0.15, -0.1) is 0 Å². The molecule has 9 heteroatoms. The molecule has 1 amide bonds. The molecule has 8 nitrogen and oxygen atoms in total. The van der Waals surface area contributed by atoms with Crippen LogP contribution in [0.1, 0.15) is 59.4 Å². The molecule has 1 aliphatic heterocycles. The van der Waals surface area contributed by atoms with Gasteiger partial charge in [0.1, 0.15) is 0 Å². The maximum Gasteiger partial charge on any atom is 0.253 e. The molecular formula is C25H35N3O5S. The zero-order valence-corrected chi connectivity index (χ0v) is 21.5. The molecule has 1 fully saturated rings. The number of aryl methyl sites for hydroxylation is 2. The third kappa shape index (κ3) is 5.52. The number of rotatable bonds is 8. The van der Waals surface area contributed by atoms with E-state index in [1.54, 1.807) is 19.9 Å². The van der Waals surface area contributed by atoms with Gasteiger partial charge in [0.15, 0.2) is 9.84 Å². The first-order valence-corrected chi connectivity index (χ1v) is 13.4. The second-order valence-corrected chi connectivity index (χ2v) is 11.1. The van der Waals surface area contributed by atoms with Crippen molar-refractivity contribution in [2.75, 3.05) is 30.4 Å². The number of nitrogens with one attached hydrogen (secondary N) is 2. The Bertz CT molecular complexity index is 1210. The lowest BCUT2D eigenvalue weighted by Crippen LogP contribution is -2.40. The maximum atomic E-state index is 13.3. The minimum absolute atomic E-state index is 0.0528. The minimum Gasteiger partial charge on any atom is -0.381 e. The van der Waals surface area contributed by atoms with Crippen LogP contribution in [0.15, 0.2) is 27.9 Å². The molecule has 0 saturated carbocycles. The van der Waals surface area contributed by atoms with E-state index in [4.69, 9.17) is 4.74 Å². The maximum absolute atomic E-state index is 13.3. The molecule has 1 aromatic carbocycles. The zero-order valence-electron chi connectivity index (χ0n) is 20.7. The summed E-state index contributed by atoms with van der Waals surface area (Å²) < 4.78 is 31.1. The normalized spacial score (nSPS) is 14.7. The van der Waals surface area contributed by atoms with Crippen molar-refractivity contribution in [3.05, 3.63) is 56.5 Å². The van der Waals surface area contributed by atoms with Crippen LogP contribution in [0.2, 0.25) is 0 Å². The summed E-state index contributed by atoms with van der Waals surface area (Å²) in [6.07, 6.45) is 1.68. The molecule has 0 unspecified atom stereocenters. The number of carbonyl (C=O) groups excluding carboxylic acids is 1. The van der Waals surface area contributed by atoms with E-state index in [1.165, 1.54) is 6.07 Å². The van der Waals surface area contributed by atoms with Gasteiger partial charge in [0.25, 0.3) is 11.5 Å². The first-order valence-electron chi connectivity index (χ1n) is 11.8. The summed E-state index contributed by atoms with van der Waals surface area (Å²) in [6, 6.07) is 5.21. The second-order valence-electron chi connectivity index (χ2n) is 8.77. The van der Waals surface area contributed by atoms with E-state index >= 15 is 0 Å². The van der Waals surface area contributed by atoms with Crippen molar-refractivity contribution in [3.8, 4) is 0 Å². The van der Waals surface area contributed by atoms with E-state index in [0.717, 1.165) is 35.3 Å². The molecule has 34 heavy (non-hydrogen) atoms. The zero-order chi connectivity index (χ0) is 25.0. The average molecular weight is 490 g/mol. The van der Waals surface area contributed by atoms with Crippen LogP contribution in [-0.2, 0) is 21.1 Å². The molecule has 1 aliphatic rings. The van der Waals surface area contributed by atoms with Crippen LogP contribution < -0.4 is 15.8 Å². The van der Waals surface area contributed by atoms with Crippen LogP contribution in [0.5, 0.6) is 0 Å². The van der Waals surface area contributed by atoms with Crippen LogP contribution in [0.25, 0.3) is 0 Å². The third-order valence-electron chi connectivity index (χ3n) is 6.54. The number of nitrogens with zero attached hydrogens (tertiary/aromatic N) is 1. The molecule has 0 spiro atoms. The Morgan fingerprint density at radius 3 is 2.41 bits per heavy atom. The van der Waals surface area contributed by atoms with E-state index in [-0.39, 0.29) is 28.8 Å². The third-order valence-corrected chi connectivity index (χ3v) is 8.25. The Labute approximate surface area is 201 Å². The summed E-state index contributed by atoms with van der Waals surface area (Å²) in [6.45, 7) is 11.2. The number of H-pyrrole nitrogens is 1. The number of pyridine rings is 1. The Hall–Kier alpha value is -2.65. The van der Waals surface area contributed by atoms with Crippen LogP contribution in [0.4, 0.5) is 5.69 Å². The van der Waals surface area contributed by atoms with Gasteiger partial charge in [0.05, 0.1) is 10.6 Å². The molecule has 2 heterocycles. The Kier molecular flexibility index (Phi) is 8.20. The van der Waals surface area contributed by atoms with Crippen LogP contribution in [-0.4, -0.2) is 50.9 Å². The number of carbonyl (C=O) groups is 1. The lowest BCUT2D eigenvalue weighted by atomic mass is 10.0. The Morgan fingerprint density at radius 2 is 1.82 bits per heavy atom. The number of hydrogen-bond acceptors (Lipinski definition) is 6. The van der Waals surface area contributed by atoms with Crippen molar-refractivity contribution in [1.82, 2.24) is 10.3 Å². The fourth-order valence-corrected chi connectivity index (χ4v) is 5.46. The fraction of sp³-hybridized carbons (Fsp3) is 0.520. The molecule has 0 radical (unpaired) electrons. The van der Waals surface area contributed by atoms with Crippen LogP contribution >= 0.6 is 0 Å². The molecule has 0 bridgehead atoms. The lowest BCUT2D eigenvalue weighted by Gasteiger charge is -2.36. The van der Waals surface area contributed by atoms with Gasteiger partial charge in [-0.25, -0.2) is 8.42 Å². The van der Waals surface area contributed by atoms with Crippen molar-refractivity contribution < 1.29 is 17.9 Å². The average Bonchev–Trinajstić information content (AvgIpc) is 2.80. The van der Waals surface area contributed by atoms with Gasteiger partial charge < -0.3 is 19.9 Å². The number of hydrogen-bond donors (Lipinski definition) is 2. The molecule has 1 aromatic heterocycles. The van der Waals surface area contributed by atoms with Gasteiger partial charge in [-0.2, -0.15) is 0 Å². The standard InChI is InChI=1S/C25H35N3O5S/c1-6-28(19-8-10-33-11-9-19)23-14-20(34(31,32)7-2)13-21(18(23)5)24(29)26-15-22-16(3)12-17(4)27-25(22)30/h12-14,19H,6-11,15H2,1-5H3,(H,26,29)(H,27,30). The van der Waals surface area contributed by atoms with Crippen molar-refractivity contribution in [1.29, 1.82) is 0 Å². The van der Waals surface area contributed by atoms with E-state index in [2.05, 4.69) is 15.2 Å². The molecule has 2 aromatic rings. The lowest BCUT2D eigenvalue weighted by molar-refractivity contribution is 0.0845. The summed E-state index contributed by atoms with van der Waals surface area (Å²) in [5.74, 6) is -0.466. The van der Waals surface area contributed by atoms with Gasteiger partial charge in [-0.05, 0) is 69.9 Å². The monoisotopic (exact) mass is 489 g/mol. The first-order chi connectivity index (χ1) is 16.1. The number of sulfone groups is 1. The summed E-state index contributed by atoms with van der Waals surface area (Å²) in [5.41, 5.74) is 3.55. The summed E-state index contributed by atoms with van der Waals surface area (Å²) in [4.78, 5) is 30.7. The van der Waals surface area contributed by atoms with E-state index in [1.807, 2.05) is 26.8 Å². The molecule has 186 valence electrons. The molecular weight excluding hydrogens is 454 g/mol. The van der Waals surface area contributed by atoms with Gasteiger partial charge in [0.2, 0.25) is 0 Å². The summed E-state index contributed by atoms with van der Waals surface area (Å²) in [5, 5.41) is 2.83. The van der Waals surface area contributed by atoms with Crippen molar-refractivity contribution >= 4 is 21.4 Å². The van der Waals surface area contributed by atoms with E-state index < -0.39 is 15.7 Å². The highest BCUT2D eigenvalue weighted by Crippen LogP contribution is 2.32. The van der Waals surface area contributed by atoms with E-state index in [9.17, 15) is 18.0 Å².